The lowest BCUT2D eigenvalue weighted by molar-refractivity contribution is -0.194. The van der Waals surface area contributed by atoms with Gasteiger partial charge in [0.1, 0.15) is 11.2 Å². The summed E-state index contributed by atoms with van der Waals surface area (Å²) in [4.78, 5) is 36.4. The summed E-state index contributed by atoms with van der Waals surface area (Å²) in [6.45, 7) is 9.19. The van der Waals surface area contributed by atoms with Gasteiger partial charge in [-0.05, 0) is 68.4 Å². The van der Waals surface area contributed by atoms with E-state index in [9.17, 15) is 19.5 Å². The Morgan fingerprint density at radius 1 is 1.19 bits per heavy atom. The van der Waals surface area contributed by atoms with Gasteiger partial charge in [0.25, 0.3) is 0 Å². The number of epoxide rings is 1. The Morgan fingerprint density at radius 3 is 2.59 bits per heavy atom. The van der Waals surface area contributed by atoms with Crippen LogP contribution in [0.4, 0.5) is 0 Å². The highest BCUT2D eigenvalue weighted by Gasteiger charge is 2.79. The molecule has 7 atom stereocenters. The molecule has 5 aliphatic rings. The van der Waals surface area contributed by atoms with Crippen molar-refractivity contribution in [3.05, 3.63) is 23.8 Å². The number of hydrogen-bond acceptors (Lipinski definition) is 6. The second-order valence-electron chi connectivity index (χ2n) is 11.9. The molecular formula is C26H34O6. The number of allylic oxidation sites excluding steroid dienone is 2. The molecule has 1 N–H and O–H groups in total. The van der Waals surface area contributed by atoms with Crippen LogP contribution in [0.1, 0.15) is 66.7 Å². The summed E-state index contributed by atoms with van der Waals surface area (Å²) < 4.78 is 11.5. The Kier molecular flexibility index (Phi) is 4.41. The van der Waals surface area contributed by atoms with Crippen LogP contribution in [0.25, 0.3) is 0 Å². The van der Waals surface area contributed by atoms with Crippen LogP contribution in [-0.4, -0.2) is 46.6 Å². The summed E-state index contributed by atoms with van der Waals surface area (Å²) in [6.07, 6.45) is 9.25. The van der Waals surface area contributed by atoms with Crippen LogP contribution in [0.15, 0.2) is 23.8 Å². The van der Waals surface area contributed by atoms with E-state index in [1.54, 1.807) is 12.2 Å². The van der Waals surface area contributed by atoms with E-state index in [2.05, 4.69) is 19.9 Å². The normalized spacial score (nSPS) is 47.9. The minimum Gasteiger partial charge on any atom is -0.458 e. The number of esters is 1. The summed E-state index contributed by atoms with van der Waals surface area (Å²) >= 11 is 0. The molecule has 4 aliphatic carbocycles. The lowest BCUT2D eigenvalue weighted by atomic mass is 9.41. The van der Waals surface area contributed by atoms with Gasteiger partial charge in [-0.1, -0.05) is 32.4 Å². The number of Topliss-reactive ketones (excluding diaryl/α,β-unsaturated/α-hetero) is 1. The van der Waals surface area contributed by atoms with E-state index < -0.39 is 29.4 Å². The maximum atomic E-state index is 13.1. The zero-order valence-electron chi connectivity index (χ0n) is 19.7. The Bertz CT molecular complexity index is 977. The molecule has 1 spiro atoms. The number of fused-ring (bicyclic) bond motifs is 3. The van der Waals surface area contributed by atoms with Gasteiger partial charge < -0.3 is 14.6 Å². The fourth-order valence-corrected chi connectivity index (χ4v) is 7.98. The molecule has 174 valence electrons. The molecule has 0 aromatic rings. The maximum Gasteiger partial charge on any atom is 0.303 e. The van der Waals surface area contributed by atoms with E-state index >= 15 is 0 Å². The maximum absolute atomic E-state index is 13.1. The number of ketones is 2. The Labute approximate surface area is 189 Å². The van der Waals surface area contributed by atoms with Gasteiger partial charge >= 0.3 is 5.97 Å². The van der Waals surface area contributed by atoms with Crippen LogP contribution < -0.4 is 0 Å². The van der Waals surface area contributed by atoms with Gasteiger partial charge in [0.05, 0.1) is 6.10 Å². The molecule has 1 heterocycles. The lowest BCUT2D eigenvalue weighted by Crippen LogP contribution is -2.66. The molecule has 32 heavy (non-hydrogen) atoms. The van der Waals surface area contributed by atoms with Crippen molar-refractivity contribution in [2.75, 3.05) is 6.61 Å². The van der Waals surface area contributed by atoms with Crippen LogP contribution in [0.2, 0.25) is 0 Å². The molecule has 1 aliphatic heterocycles. The first kappa shape index (κ1) is 22.0. The van der Waals surface area contributed by atoms with Gasteiger partial charge in [0, 0.05) is 17.8 Å². The van der Waals surface area contributed by atoms with Crippen molar-refractivity contribution in [3.63, 3.8) is 0 Å². The largest absolute Gasteiger partial charge is 0.458 e. The molecule has 1 saturated heterocycles. The molecule has 3 saturated carbocycles. The molecule has 6 nitrogen and oxygen atoms in total. The Hall–Kier alpha value is -1.79. The molecule has 0 aromatic heterocycles. The lowest BCUT2D eigenvalue weighted by Gasteiger charge is -2.62. The van der Waals surface area contributed by atoms with Crippen molar-refractivity contribution in [3.8, 4) is 0 Å². The number of carbonyl (C=O) groups excluding carboxylic acids is 3. The molecule has 5 rings (SSSR count). The number of carbonyl (C=O) groups is 3. The molecule has 4 fully saturated rings. The quantitative estimate of drug-likeness (QED) is 0.532. The van der Waals surface area contributed by atoms with Crippen LogP contribution in [-0.2, 0) is 23.9 Å². The van der Waals surface area contributed by atoms with Crippen molar-refractivity contribution in [1.82, 2.24) is 0 Å². The minimum absolute atomic E-state index is 0.0503. The SMILES string of the molecule is CC(=O)OCC(=O)[C@@]1(O)C[C@@]2(C)CC3O[C@@]34C(CCC3=CC(=O)C=C[C@@]34C)C2CC1(C)C. The van der Waals surface area contributed by atoms with Crippen LogP contribution in [0.5, 0.6) is 0 Å². The molecule has 0 radical (unpaired) electrons. The van der Waals surface area contributed by atoms with Gasteiger partial charge in [-0.2, -0.15) is 0 Å². The minimum atomic E-state index is -1.55. The third-order valence-corrected chi connectivity index (χ3v) is 9.82. The third kappa shape index (κ3) is 2.62. The molecule has 3 unspecified atom stereocenters. The van der Waals surface area contributed by atoms with E-state index in [0.717, 1.165) is 19.3 Å². The highest BCUT2D eigenvalue weighted by Crippen LogP contribution is 2.75. The zero-order valence-corrected chi connectivity index (χ0v) is 19.7. The van der Waals surface area contributed by atoms with E-state index in [0.29, 0.717) is 24.7 Å². The second kappa shape index (κ2) is 6.41. The van der Waals surface area contributed by atoms with Crippen LogP contribution in [0.3, 0.4) is 0 Å². The fourth-order valence-electron chi connectivity index (χ4n) is 7.98. The molecule has 0 amide bonds. The zero-order chi connectivity index (χ0) is 23.3. The highest BCUT2D eigenvalue weighted by molar-refractivity contribution is 6.01. The predicted molar refractivity (Wildman–Crippen MR) is 116 cm³/mol. The average Bonchev–Trinajstić information content (AvgIpc) is 3.40. The van der Waals surface area contributed by atoms with E-state index in [1.807, 2.05) is 13.8 Å². The molecule has 0 aromatic carbocycles. The van der Waals surface area contributed by atoms with Crippen molar-refractivity contribution >= 4 is 17.5 Å². The van der Waals surface area contributed by atoms with Crippen molar-refractivity contribution in [2.45, 2.75) is 84.0 Å². The van der Waals surface area contributed by atoms with Crippen LogP contribution >= 0.6 is 0 Å². The predicted octanol–water partition coefficient (Wildman–Crippen LogP) is 3.32. The smallest absolute Gasteiger partial charge is 0.303 e. The number of ether oxygens (including phenoxy) is 2. The van der Waals surface area contributed by atoms with Gasteiger partial charge in [-0.25, -0.2) is 0 Å². The van der Waals surface area contributed by atoms with Crippen LogP contribution in [0, 0.1) is 28.1 Å². The second-order valence-corrected chi connectivity index (χ2v) is 11.9. The van der Waals surface area contributed by atoms with Gasteiger partial charge in [0.15, 0.2) is 12.4 Å². The first-order valence-electron chi connectivity index (χ1n) is 11.8. The summed E-state index contributed by atoms with van der Waals surface area (Å²) in [5, 5.41) is 11.7. The van der Waals surface area contributed by atoms with Gasteiger partial charge in [-0.15, -0.1) is 0 Å². The molecular weight excluding hydrogens is 408 g/mol. The fraction of sp³-hybridized carbons (Fsp3) is 0.731. The molecule has 6 heteroatoms. The first-order chi connectivity index (χ1) is 14.8. The monoisotopic (exact) mass is 442 g/mol. The van der Waals surface area contributed by atoms with Crippen molar-refractivity contribution in [1.29, 1.82) is 0 Å². The Morgan fingerprint density at radius 2 is 1.91 bits per heavy atom. The van der Waals surface area contributed by atoms with Crippen molar-refractivity contribution < 1.29 is 29.0 Å². The topological polar surface area (TPSA) is 93.2 Å². The summed E-state index contributed by atoms with van der Waals surface area (Å²) in [7, 11) is 0. The van der Waals surface area contributed by atoms with E-state index in [-0.39, 0.29) is 28.3 Å². The summed E-state index contributed by atoms with van der Waals surface area (Å²) in [5.74, 6) is -0.284. The summed E-state index contributed by atoms with van der Waals surface area (Å²) in [5.41, 5.74) is -1.87. The summed E-state index contributed by atoms with van der Waals surface area (Å²) in [6, 6.07) is 0. The average molecular weight is 443 g/mol. The number of aliphatic hydroxyl groups is 1. The van der Waals surface area contributed by atoms with E-state index in [1.165, 1.54) is 12.5 Å². The first-order valence-corrected chi connectivity index (χ1v) is 11.8. The van der Waals surface area contributed by atoms with Crippen molar-refractivity contribution in [2.24, 2.45) is 28.1 Å². The number of rotatable bonds is 3. The highest BCUT2D eigenvalue weighted by atomic mass is 16.6. The standard InChI is InChI=1S/C26H34O6/c1-15(27)31-13-20(29)25(30)14-23(4)12-21-26(32-21)18(19(23)11-22(25,2)3)7-6-16-10-17(28)8-9-24(16,26)5/h8-10,18-19,21,30H,6-7,11-14H2,1-5H3/t18?,19?,21?,23-,24+,25+,26+/m1/s1. The third-order valence-electron chi connectivity index (χ3n) is 9.82. The number of hydrogen-bond donors (Lipinski definition) is 1. The molecule has 0 bridgehead atoms. The van der Waals surface area contributed by atoms with Gasteiger partial charge in [0.2, 0.25) is 5.78 Å². The Balaban J connectivity index is 1.49. The van der Waals surface area contributed by atoms with E-state index in [4.69, 9.17) is 9.47 Å². The van der Waals surface area contributed by atoms with Gasteiger partial charge in [-0.3, -0.25) is 14.4 Å².